The molecule has 1 aromatic rings. The highest BCUT2D eigenvalue weighted by Gasteiger charge is 2.22. The van der Waals surface area contributed by atoms with Crippen LogP contribution in [0.3, 0.4) is 0 Å². The molecule has 0 fully saturated rings. The summed E-state index contributed by atoms with van der Waals surface area (Å²) in [6.07, 6.45) is 5.66. The van der Waals surface area contributed by atoms with Gasteiger partial charge in [0, 0.05) is 24.7 Å². The van der Waals surface area contributed by atoms with Crippen LogP contribution in [0.15, 0.2) is 18.2 Å². The van der Waals surface area contributed by atoms with Crippen LogP contribution >= 0.6 is 0 Å². The summed E-state index contributed by atoms with van der Waals surface area (Å²) < 4.78 is 0. The Kier molecular flexibility index (Phi) is 6.01. The van der Waals surface area contributed by atoms with Crippen LogP contribution in [0.1, 0.15) is 57.6 Å². The molecule has 0 spiro atoms. The van der Waals surface area contributed by atoms with Crippen molar-refractivity contribution in [1.82, 2.24) is 0 Å². The molecule has 0 radical (unpaired) electrons. The summed E-state index contributed by atoms with van der Waals surface area (Å²) in [5, 5.41) is 0. The number of nitrogens with zero attached hydrogens (tertiary/aromatic N) is 1. The second kappa shape index (κ2) is 7.77. The zero-order chi connectivity index (χ0) is 16.1. The van der Waals surface area contributed by atoms with Gasteiger partial charge in [-0.3, -0.25) is 4.79 Å². The van der Waals surface area contributed by atoms with Crippen molar-refractivity contribution in [3.8, 4) is 0 Å². The van der Waals surface area contributed by atoms with Crippen molar-refractivity contribution >= 4 is 11.6 Å². The average Bonchev–Trinajstić information content (AvgIpc) is 2.45. The van der Waals surface area contributed by atoms with Crippen LogP contribution in [0.25, 0.3) is 0 Å². The van der Waals surface area contributed by atoms with E-state index in [1.165, 1.54) is 11.1 Å². The van der Waals surface area contributed by atoms with E-state index >= 15 is 0 Å². The standard InChI is InChI=1S/C19H30N2O/c1-4-6-19(22)21-10-5-7-16-12-15(8-9-18(16)21)13-17(20)11-14(2)3/h8-9,12,14,17H,4-7,10-11,13,20H2,1-3H3. The molecule has 0 aliphatic carbocycles. The van der Waals surface area contributed by atoms with Gasteiger partial charge in [-0.05, 0) is 55.2 Å². The molecule has 0 saturated heterocycles. The van der Waals surface area contributed by atoms with Crippen molar-refractivity contribution in [1.29, 1.82) is 0 Å². The Bertz CT molecular complexity index is 510. The Labute approximate surface area is 134 Å². The topological polar surface area (TPSA) is 46.3 Å². The van der Waals surface area contributed by atoms with Crippen LogP contribution in [0.4, 0.5) is 5.69 Å². The normalized spacial score (nSPS) is 15.8. The molecule has 1 aromatic carbocycles. The SMILES string of the molecule is CCCC(=O)N1CCCc2cc(CC(N)CC(C)C)ccc21. The quantitative estimate of drug-likeness (QED) is 0.871. The molecule has 2 rings (SSSR count). The van der Waals surface area contributed by atoms with Gasteiger partial charge in [0.2, 0.25) is 5.91 Å². The molecule has 1 unspecified atom stereocenters. The lowest BCUT2D eigenvalue weighted by Gasteiger charge is -2.30. The van der Waals surface area contributed by atoms with E-state index in [1.54, 1.807) is 0 Å². The van der Waals surface area contributed by atoms with E-state index in [4.69, 9.17) is 5.73 Å². The number of rotatable bonds is 6. The molecular weight excluding hydrogens is 272 g/mol. The van der Waals surface area contributed by atoms with Crippen LogP contribution in [0, 0.1) is 5.92 Å². The van der Waals surface area contributed by atoms with Crippen molar-refractivity contribution in [2.45, 2.75) is 65.3 Å². The molecule has 0 saturated carbocycles. The van der Waals surface area contributed by atoms with E-state index in [-0.39, 0.29) is 11.9 Å². The van der Waals surface area contributed by atoms with Crippen LogP contribution in [-0.4, -0.2) is 18.5 Å². The van der Waals surface area contributed by atoms with Crippen molar-refractivity contribution in [3.05, 3.63) is 29.3 Å². The lowest BCUT2D eigenvalue weighted by Crippen LogP contribution is -2.35. The van der Waals surface area contributed by atoms with Crippen molar-refractivity contribution < 1.29 is 4.79 Å². The Morgan fingerprint density at radius 1 is 1.36 bits per heavy atom. The maximum Gasteiger partial charge on any atom is 0.226 e. The number of hydrogen-bond donors (Lipinski definition) is 1. The maximum atomic E-state index is 12.3. The van der Waals surface area contributed by atoms with Gasteiger partial charge in [-0.2, -0.15) is 0 Å². The third-order valence-electron chi connectivity index (χ3n) is 4.30. The zero-order valence-corrected chi connectivity index (χ0v) is 14.3. The first-order valence-corrected chi connectivity index (χ1v) is 8.69. The van der Waals surface area contributed by atoms with Gasteiger partial charge in [-0.1, -0.05) is 32.9 Å². The number of hydrogen-bond acceptors (Lipinski definition) is 2. The van der Waals surface area contributed by atoms with E-state index in [9.17, 15) is 4.79 Å². The highest BCUT2D eigenvalue weighted by Crippen LogP contribution is 2.29. The minimum atomic E-state index is 0.222. The summed E-state index contributed by atoms with van der Waals surface area (Å²) in [4.78, 5) is 14.2. The van der Waals surface area contributed by atoms with E-state index in [2.05, 4.69) is 39.0 Å². The summed E-state index contributed by atoms with van der Waals surface area (Å²) in [7, 11) is 0. The Morgan fingerprint density at radius 2 is 2.14 bits per heavy atom. The average molecular weight is 302 g/mol. The summed E-state index contributed by atoms with van der Waals surface area (Å²) >= 11 is 0. The maximum absolute atomic E-state index is 12.3. The van der Waals surface area contributed by atoms with Crippen LogP contribution in [0.5, 0.6) is 0 Å². The monoisotopic (exact) mass is 302 g/mol. The Hall–Kier alpha value is -1.35. The molecule has 22 heavy (non-hydrogen) atoms. The fourth-order valence-corrected chi connectivity index (χ4v) is 3.38. The number of carbonyl (C=O) groups excluding carboxylic acids is 1. The first-order valence-electron chi connectivity index (χ1n) is 8.69. The summed E-state index contributed by atoms with van der Waals surface area (Å²) in [5.74, 6) is 0.891. The minimum Gasteiger partial charge on any atom is -0.327 e. The molecule has 0 aromatic heterocycles. The predicted octanol–water partition coefficient (Wildman–Crippen LogP) is 3.68. The molecule has 1 aliphatic heterocycles. The lowest BCUT2D eigenvalue weighted by atomic mass is 9.94. The first kappa shape index (κ1) is 17.0. The summed E-state index contributed by atoms with van der Waals surface area (Å²) in [5.41, 5.74) is 9.96. The third kappa shape index (κ3) is 4.33. The molecular formula is C19H30N2O. The van der Waals surface area contributed by atoms with E-state index < -0.39 is 0 Å². The number of benzene rings is 1. The van der Waals surface area contributed by atoms with Crippen LogP contribution in [-0.2, 0) is 17.6 Å². The van der Waals surface area contributed by atoms with Crippen LogP contribution in [0.2, 0.25) is 0 Å². The number of carbonyl (C=O) groups is 1. The molecule has 3 nitrogen and oxygen atoms in total. The zero-order valence-electron chi connectivity index (χ0n) is 14.3. The molecule has 1 atom stereocenters. The van der Waals surface area contributed by atoms with E-state index in [0.29, 0.717) is 12.3 Å². The molecule has 3 heteroatoms. The molecule has 0 bridgehead atoms. The van der Waals surface area contributed by atoms with E-state index in [0.717, 1.165) is 44.3 Å². The largest absolute Gasteiger partial charge is 0.327 e. The second-order valence-electron chi connectivity index (χ2n) is 6.96. The number of amides is 1. The second-order valence-corrected chi connectivity index (χ2v) is 6.96. The van der Waals surface area contributed by atoms with Crippen LogP contribution < -0.4 is 10.6 Å². The highest BCUT2D eigenvalue weighted by molar-refractivity contribution is 5.94. The van der Waals surface area contributed by atoms with Crippen molar-refractivity contribution in [3.63, 3.8) is 0 Å². The van der Waals surface area contributed by atoms with Gasteiger partial charge in [-0.15, -0.1) is 0 Å². The molecule has 1 aliphatic rings. The first-order chi connectivity index (χ1) is 10.5. The summed E-state index contributed by atoms with van der Waals surface area (Å²) in [6.45, 7) is 7.34. The van der Waals surface area contributed by atoms with Gasteiger partial charge in [0.15, 0.2) is 0 Å². The predicted molar refractivity (Wildman–Crippen MR) is 93.2 cm³/mol. The van der Waals surface area contributed by atoms with Crippen molar-refractivity contribution in [2.24, 2.45) is 11.7 Å². The lowest BCUT2D eigenvalue weighted by molar-refractivity contribution is -0.118. The Balaban J connectivity index is 2.12. The van der Waals surface area contributed by atoms with Gasteiger partial charge in [0.05, 0.1) is 0 Å². The molecule has 122 valence electrons. The van der Waals surface area contributed by atoms with Gasteiger partial charge in [0.1, 0.15) is 0 Å². The Morgan fingerprint density at radius 3 is 2.82 bits per heavy atom. The molecule has 2 N–H and O–H groups in total. The number of nitrogens with two attached hydrogens (primary N) is 1. The smallest absolute Gasteiger partial charge is 0.226 e. The van der Waals surface area contributed by atoms with Gasteiger partial charge in [-0.25, -0.2) is 0 Å². The number of aryl methyl sites for hydroxylation is 1. The number of anilines is 1. The third-order valence-corrected chi connectivity index (χ3v) is 4.30. The highest BCUT2D eigenvalue weighted by atomic mass is 16.2. The minimum absolute atomic E-state index is 0.222. The van der Waals surface area contributed by atoms with Crippen molar-refractivity contribution in [2.75, 3.05) is 11.4 Å². The molecule has 1 heterocycles. The molecule has 1 amide bonds. The fraction of sp³-hybridized carbons (Fsp3) is 0.632. The number of fused-ring (bicyclic) bond motifs is 1. The van der Waals surface area contributed by atoms with Gasteiger partial charge in [0.25, 0.3) is 0 Å². The van der Waals surface area contributed by atoms with Gasteiger partial charge < -0.3 is 10.6 Å². The fourth-order valence-electron chi connectivity index (χ4n) is 3.38. The van der Waals surface area contributed by atoms with E-state index in [1.807, 2.05) is 4.90 Å². The summed E-state index contributed by atoms with van der Waals surface area (Å²) in [6, 6.07) is 6.76. The van der Waals surface area contributed by atoms with Gasteiger partial charge >= 0.3 is 0 Å².